The zero-order chi connectivity index (χ0) is 35.4. The van der Waals surface area contributed by atoms with Gasteiger partial charge < -0.3 is 37.3 Å². The summed E-state index contributed by atoms with van der Waals surface area (Å²) in [5.74, 6) is -3.43. The fourth-order valence-corrected chi connectivity index (χ4v) is 5.85. The van der Waals surface area contributed by atoms with Gasteiger partial charge in [0, 0.05) is 24.1 Å². The van der Waals surface area contributed by atoms with Gasteiger partial charge in [-0.1, -0.05) is 74.9 Å². The van der Waals surface area contributed by atoms with E-state index in [2.05, 4.69) is 20.9 Å². The first-order valence-electron chi connectivity index (χ1n) is 15.6. The molecule has 0 spiro atoms. The number of hydrogen-bond donors (Lipinski definition) is 6. The average Bonchev–Trinajstić information content (AvgIpc) is 3.35. The van der Waals surface area contributed by atoms with E-state index in [-0.39, 0.29) is 31.4 Å². The molecule has 1 unspecified atom stereocenters. The van der Waals surface area contributed by atoms with Gasteiger partial charge in [0.1, 0.15) is 18.7 Å². The molecule has 3 rings (SSSR count). The van der Waals surface area contributed by atoms with Gasteiger partial charge >= 0.3 is 12.1 Å². The fourth-order valence-electron chi connectivity index (χ4n) is 5.38. The molecule has 2 aromatic rings. The van der Waals surface area contributed by atoms with Crippen LogP contribution >= 0.6 is 0 Å². The maximum Gasteiger partial charge on any atom is 0.407 e. The molecule has 15 heteroatoms. The van der Waals surface area contributed by atoms with Crippen molar-refractivity contribution < 1.29 is 37.4 Å². The third-order valence-electron chi connectivity index (χ3n) is 7.97. The van der Waals surface area contributed by atoms with Crippen LogP contribution in [0.1, 0.15) is 56.6 Å². The number of aliphatic imine (C=N–C) groups is 1. The number of alkyl carbamates (subject to hydrolysis) is 1. The number of guanidine groups is 1. The number of carboxylic acid groups (broad SMARTS) is 1. The molecule has 0 aromatic heterocycles. The minimum absolute atomic E-state index is 0.0199. The average molecular weight is 685 g/mol. The number of carbonyl (C=O) groups excluding carboxylic acids is 3. The number of aliphatic carboxylic acids is 1. The van der Waals surface area contributed by atoms with Crippen LogP contribution in [0, 0.1) is 5.92 Å². The second kappa shape index (κ2) is 17.3. The molecular weight excluding hydrogens is 640 g/mol. The molecule has 14 nitrogen and oxygen atoms in total. The Morgan fingerprint density at radius 2 is 1.58 bits per heavy atom. The summed E-state index contributed by atoms with van der Waals surface area (Å²) in [7, 11) is -3.60. The number of nitrogens with zero attached hydrogens (tertiary/aromatic N) is 1. The number of ether oxygens (including phenoxy) is 1. The van der Waals surface area contributed by atoms with Crippen molar-refractivity contribution in [1.29, 1.82) is 0 Å². The fraction of sp³-hybridized carbons (Fsp3) is 0.424. The van der Waals surface area contributed by atoms with Gasteiger partial charge in [0.05, 0.1) is 12.5 Å². The van der Waals surface area contributed by atoms with Crippen LogP contribution in [0.2, 0.25) is 0 Å². The third kappa shape index (κ3) is 11.1. The lowest BCUT2D eigenvalue weighted by Crippen LogP contribution is -2.57. The number of nitrogens with two attached hydrogens (primary N) is 2. The van der Waals surface area contributed by atoms with Gasteiger partial charge in [-0.3, -0.25) is 19.4 Å². The van der Waals surface area contributed by atoms with Crippen LogP contribution in [-0.2, 0) is 29.0 Å². The van der Waals surface area contributed by atoms with Gasteiger partial charge in [-0.25, -0.2) is 13.2 Å². The molecule has 4 atom stereocenters. The summed E-state index contributed by atoms with van der Waals surface area (Å²) in [4.78, 5) is 55.4. The highest BCUT2D eigenvalue weighted by molar-refractivity contribution is 7.93. The van der Waals surface area contributed by atoms with Gasteiger partial charge in [-0.2, -0.15) is 0 Å². The molecule has 3 amide bonds. The topological polar surface area (TPSA) is 232 Å². The van der Waals surface area contributed by atoms with Crippen molar-refractivity contribution in [2.24, 2.45) is 22.4 Å². The van der Waals surface area contributed by atoms with Crippen LogP contribution in [0.5, 0.6) is 0 Å². The lowest BCUT2D eigenvalue weighted by atomic mass is 9.97. The first-order chi connectivity index (χ1) is 22.7. The van der Waals surface area contributed by atoms with Crippen molar-refractivity contribution in [1.82, 2.24) is 16.0 Å². The number of sulfone groups is 1. The van der Waals surface area contributed by atoms with E-state index in [1.165, 1.54) is 0 Å². The van der Waals surface area contributed by atoms with E-state index in [4.69, 9.17) is 16.2 Å². The quantitative estimate of drug-likeness (QED) is 0.0806. The summed E-state index contributed by atoms with van der Waals surface area (Å²) in [5.41, 5.74) is 15.0. The first kappa shape index (κ1) is 37.5. The SMILES string of the molecule is CCC(C)[C@@H](NC(=O)[C@H](CCCN=C(N)N)NC(=O)OCC1c2ccccc2-c2ccccc21)C(=O)N[C@H](/C=C/S(C)(=O)=O)CC(=O)O. The molecule has 2 aromatic carbocycles. The van der Waals surface area contributed by atoms with Gasteiger partial charge in [0.2, 0.25) is 11.8 Å². The predicted molar refractivity (Wildman–Crippen MR) is 181 cm³/mol. The molecular formula is C33H44N6O8S. The molecule has 48 heavy (non-hydrogen) atoms. The van der Waals surface area contributed by atoms with E-state index >= 15 is 0 Å². The summed E-state index contributed by atoms with van der Waals surface area (Å²) < 4.78 is 28.9. The standard InChI is InChI=1S/C33H44N6O8S/c1-4-20(2)29(31(43)37-21(18-28(40)41)15-17-48(3,45)46)39-30(42)27(14-9-16-36-32(34)35)38-33(44)47-19-26-24-12-7-5-10-22(24)23-11-6-8-13-25(23)26/h5-8,10-13,15,17,20-21,26-27,29H,4,9,14,16,18-19H2,1-3H3,(H,37,43)(H,38,44)(H,39,42)(H,40,41)(H4,34,35,36)/b17-15+/t20?,21-,27+,29-/m1/s1. The van der Waals surface area contributed by atoms with E-state index in [0.717, 1.165) is 40.0 Å². The van der Waals surface area contributed by atoms with Gasteiger partial charge in [-0.05, 0) is 41.0 Å². The van der Waals surface area contributed by atoms with Crippen LogP contribution in [0.15, 0.2) is 65.0 Å². The lowest BCUT2D eigenvalue weighted by Gasteiger charge is -2.27. The molecule has 8 N–H and O–H groups in total. The predicted octanol–water partition coefficient (Wildman–Crippen LogP) is 2.00. The van der Waals surface area contributed by atoms with Gasteiger partial charge in [0.15, 0.2) is 15.8 Å². The number of hydrogen-bond acceptors (Lipinski definition) is 8. The second-order valence-electron chi connectivity index (χ2n) is 11.7. The summed E-state index contributed by atoms with van der Waals surface area (Å²) in [6, 6.07) is 12.3. The monoisotopic (exact) mass is 684 g/mol. The van der Waals surface area contributed by atoms with E-state index < -0.39 is 64.2 Å². The number of amides is 3. The molecule has 0 bridgehead atoms. The Kier molecular flexibility index (Phi) is 13.5. The summed E-state index contributed by atoms with van der Waals surface area (Å²) in [5, 5.41) is 17.9. The van der Waals surface area contributed by atoms with Crippen LogP contribution in [0.4, 0.5) is 4.79 Å². The minimum atomic E-state index is -3.60. The highest BCUT2D eigenvalue weighted by atomic mass is 32.2. The van der Waals surface area contributed by atoms with Crippen molar-refractivity contribution in [3.8, 4) is 11.1 Å². The van der Waals surface area contributed by atoms with Crippen LogP contribution in [0.3, 0.4) is 0 Å². The lowest BCUT2D eigenvalue weighted by molar-refractivity contribution is -0.137. The Balaban J connectivity index is 1.75. The van der Waals surface area contributed by atoms with Crippen molar-refractivity contribution in [2.75, 3.05) is 19.4 Å². The van der Waals surface area contributed by atoms with Crippen LogP contribution < -0.4 is 27.4 Å². The normalized spacial score (nSPS) is 14.9. The Morgan fingerprint density at radius 1 is 0.979 bits per heavy atom. The molecule has 0 fully saturated rings. The number of rotatable bonds is 17. The van der Waals surface area contributed by atoms with Crippen molar-refractivity contribution >= 4 is 39.7 Å². The second-order valence-corrected chi connectivity index (χ2v) is 13.6. The number of carboxylic acids is 1. The van der Waals surface area contributed by atoms with Crippen LogP contribution in [-0.4, -0.2) is 80.9 Å². The Bertz CT molecular complexity index is 1590. The Morgan fingerprint density at radius 3 is 2.12 bits per heavy atom. The largest absolute Gasteiger partial charge is 0.481 e. The summed E-state index contributed by atoms with van der Waals surface area (Å²) in [6.45, 7) is 3.72. The van der Waals surface area contributed by atoms with Crippen molar-refractivity contribution in [3.05, 3.63) is 71.1 Å². The van der Waals surface area contributed by atoms with Gasteiger partial charge in [-0.15, -0.1) is 0 Å². The third-order valence-corrected chi connectivity index (χ3v) is 8.62. The Hall–Kier alpha value is -4.92. The number of nitrogens with one attached hydrogen (secondary N) is 3. The molecule has 0 heterocycles. The number of carbonyl (C=O) groups is 4. The molecule has 0 radical (unpaired) electrons. The Labute approximate surface area is 280 Å². The molecule has 0 saturated carbocycles. The van der Waals surface area contributed by atoms with E-state index in [1.54, 1.807) is 13.8 Å². The highest BCUT2D eigenvalue weighted by Crippen LogP contribution is 2.44. The zero-order valence-corrected chi connectivity index (χ0v) is 28.0. The summed E-state index contributed by atoms with van der Waals surface area (Å²) >= 11 is 0. The molecule has 1 aliphatic rings. The highest BCUT2D eigenvalue weighted by Gasteiger charge is 2.32. The molecule has 260 valence electrons. The maximum absolute atomic E-state index is 13.6. The molecule has 1 aliphatic carbocycles. The van der Waals surface area contributed by atoms with E-state index in [0.29, 0.717) is 12.8 Å². The van der Waals surface area contributed by atoms with Crippen LogP contribution in [0.25, 0.3) is 11.1 Å². The number of benzene rings is 2. The smallest absolute Gasteiger partial charge is 0.407 e. The van der Waals surface area contributed by atoms with Gasteiger partial charge in [0.25, 0.3) is 0 Å². The zero-order valence-electron chi connectivity index (χ0n) is 27.2. The minimum Gasteiger partial charge on any atom is -0.481 e. The van der Waals surface area contributed by atoms with Crippen molar-refractivity contribution in [3.63, 3.8) is 0 Å². The van der Waals surface area contributed by atoms with E-state index in [1.807, 2.05) is 48.5 Å². The van der Waals surface area contributed by atoms with Crippen molar-refractivity contribution in [2.45, 2.75) is 63.6 Å². The number of fused-ring (bicyclic) bond motifs is 3. The summed E-state index contributed by atoms with van der Waals surface area (Å²) in [6.07, 6.45) is 1.43. The first-order valence-corrected chi connectivity index (χ1v) is 17.5. The van der Waals surface area contributed by atoms with E-state index in [9.17, 15) is 32.7 Å². The molecule has 0 saturated heterocycles. The molecule has 0 aliphatic heterocycles. The maximum atomic E-state index is 13.6.